The second-order valence-corrected chi connectivity index (χ2v) is 8.05. The lowest BCUT2D eigenvalue weighted by atomic mass is 10.3. The number of anilines is 1. The molecule has 4 aromatic rings. The first-order valence-electron chi connectivity index (χ1n) is 10.7. The van der Waals surface area contributed by atoms with Crippen molar-refractivity contribution in [3.05, 3.63) is 90.5 Å². The van der Waals surface area contributed by atoms with Gasteiger partial charge >= 0.3 is 0 Å². The van der Waals surface area contributed by atoms with E-state index in [9.17, 15) is 9.18 Å². The second kappa shape index (κ2) is 11.3. The van der Waals surface area contributed by atoms with Crippen molar-refractivity contribution >= 4 is 23.4 Å². The molecule has 1 amide bonds. The number of halogens is 1. The average molecular weight is 479 g/mol. The van der Waals surface area contributed by atoms with Crippen LogP contribution in [0.15, 0.2) is 84.0 Å². The van der Waals surface area contributed by atoms with E-state index in [4.69, 9.17) is 9.47 Å². The lowest BCUT2D eigenvalue weighted by molar-refractivity contribution is -0.113. The first-order chi connectivity index (χ1) is 16.6. The van der Waals surface area contributed by atoms with Crippen molar-refractivity contribution in [2.75, 3.05) is 17.7 Å². The molecule has 1 N–H and O–H groups in total. The zero-order valence-corrected chi connectivity index (χ0v) is 19.3. The minimum absolute atomic E-state index is 0.0746. The summed E-state index contributed by atoms with van der Waals surface area (Å²) in [6.45, 7) is 2.69. The molecular formula is C25H23FN4O3S. The van der Waals surface area contributed by atoms with Crippen LogP contribution in [0.1, 0.15) is 12.7 Å². The minimum atomic E-state index is -0.413. The number of carbonyl (C=O) groups excluding carboxylic acids is 1. The Bertz CT molecular complexity index is 1230. The molecule has 0 aliphatic rings. The molecule has 0 fully saturated rings. The summed E-state index contributed by atoms with van der Waals surface area (Å²) in [4.78, 5) is 12.4. The Morgan fingerprint density at radius 1 is 0.971 bits per heavy atom. The van der Waals surface area contributed by atoms with Gasteiger partial charge in [-0.25, -0.2) is 4.39 Å². The molecule has 0 aliphatic heterocycles. The molecule has 4 rings (SSSR count). The molecule has 1 aromatic heterocycles. The molecule has 174 valence electrons. The maximum Gasteiger partial charge on any atom is 0.234 e. The number of nitrogens with one attached hydrogen (secondary N) is 1. The van der Waals surface area contributed by atoms with Crippen molar-refractivity contribution in [3.8, 4) is 17.2 Å². The number of hydrogen-bond acceptors (Lipinski definition) is 6. The van der Waals surface area contributed by atoms with E-state index in [2.05, 4.69) is 15.5 Å². The van der Waals surface area contributed by atoms with Crippen LogP contribution in [0, 0.1) is 5.82 Å². The van der Waals surface area contributed by atoms with Gasteiger partial charge in [-0.15, -0.1) is 10.2 Å². The first-order valence-corrected chi connectivity index (χ1v) is 11.6. The summed E-state index contributed by atoms with van der Waals surface area (Å²) in [6.07, 6.45) is 0. The Morgan fingerprint density at radius 3 is 2.47 bits per heavy atom. The maximum atomic E-state index is 13.4. The fourth-order valence-corrected chi connectivity index (χ4v) is 3.93. The summed E-state index contributed by atoms with van der Waals surface area (Å²) in [6, 6.07) is 22.7. The number of thioether (sulfide) groups is 1. The standard InChI is InChI=1S/C25H23FN4O3S/c1-2-32-22-13-11-20(12-14-22)30-23(16-33-21-9-4-3-5-10-21)28-29-25(30)34-17-24(31)27-19-8-6-7-18(26)15-19/h3-15H,2,16-17H2,1H3,(H,27,31). The summed E-state index contributed by atoms with van der Waals surface area (Å²) in [7, 11) is 0. The zero-order chi connectivity index (χ0) is 23.8. The summed E-state index contributed by atoms with van der Waals surface area (Å²) < 4.78 is 26.6. The van der Waals surface area contributed by atoms with E-state index in [1.807, 2.05) is 66.1 Å². The Labute approximate surface area is 200 Å². The van der Waals surface area contributed by atoms with E-state index in [-0.39, 0.29) is 18.3 Å². The van der Waals surface area contributed by atoms with Crippen LogP contribution >= 0.6 is 11.8 Å². The molecule has 1 heterocycles. The number of hydrogen-bond donors (Lipinski definition) is 1. The molecule has 0 spiro atoms. The van der Waals surface area contributed by atoms with Crippen molar-refractivity contribution in [3.63, 3.8) is 0 Å². The molecule has 0 bridgehead atoms. The van der Waals surface area contributed by atoms with Gasteiger partial charge in [-0.1, -0.05) is 36.0 Å². The molecule has 9 heteroatoms. The summed E-state index contributed by atoms with van der Waals surface area (Å²) in [5, 5.41) is 11.8. The third-order valence-corrected chi connectivity index (χ3v) is 5.59. The number of para-hydroxylation sites is 1. The predicted molar refractivity (Wildman–Crippen MR) is 129 cm³/mol. The van der Waals surface area contributed by atoms with Gasteiger partial charge in [-0.05, 0) is 61.5 Å². The maximum absolute atomic E-state index is 13.4. The van der Waals surface area contributed by atoms with Crippen LogP contribution in [0.2, 0.25) is 0 Å². The normalized spacial score (nSPS) is 10.6. The first kappa shape index (κ1) is 23.3. The molecular weight excluding hydrogens is 455 g/mol. The highest BCUT2D eigenvalue weighted by molar-refractivity contribution is 7.99. The molecule has 0 saturated carbocycles. The van der Waals surface area contributed by atoms with Crippen LogP contribution in [0.4, 0.5) is 10.1 Å². The molecule has 7 nitrogen and oxygen atoms in total. The van der Waals surface area contributed by atoms with E-state index < -0.39 is 5.82 Å². The van der Waals surface area contributed by atoms with E-state index >= 15 is 0 Å². The van der Waals surface area contributed by atoms with E-state index in [1.165, 1.54) is 23.9 Å². The SMILES string of the molecule is CCOc1ccc(-n2c(COc3ccccc3)nnc2SCC(=O)Nc2cccc(F)c2)cc1. The fraction of sp³-hybridized carbons (Fsp3) is 0.160. The minimum Gasteiger partial charge on any atom is -0.494 e. The molecule has 0 unspecified atom stereocenters. The van der Waals surface area contributed by atoms with Crippen molar-refractivity contribution in [2.24, 2.45) is 0 Å². The number of carbonyl (C=O) groups is 1. The Kier molecular flexibility index (Phi) is 7.77. The van der Waals surface area contributed by atoms with Gasteiger partial charge < -0.3 is 14.8 Å². The van der Waals surface area contributed by atoms with Gasteiger partial charge in [-0.3, -0.25) is 9.36 Å². The molecule has 0 aliphatic carbocycles. The highest BCUT2D eigenvalue weighted by Gasteiger charge is 2.17. The van der Waals surface area contributed by atoms with E-state index in [0.29, 0.717) is 29.0 Å². The topological polar surface area (TPSA) is 78.3 Å². The van der Waals surface area contributed by atoms with Crippen LogP contribution in [0.25, 0.3) is 5.69 Å². The van der Waals surface area contributed by atoms with E-state index in [0.717, 1.165) is 11.4 Å². The van der Waals surface area contributed by atoms with Gasteiger partial charge in [0, 0.05) is 11.4 Å². The van der Waals surface area contributed by atoms with Crippen molar-refractivity contribution < 1.29 is 18.7 Å². The van der Waals surface area contributed by atoms with Crippen LogP contribution < -0.4 is 14.8 Å². The van der Waals surface area contributed by atoms with Gasteiger partial charge in [0.2, 0.25) is 5.91 Å². The summed E-state index contributed by atoms with van der Waals surface area (Å²) >= 11 is 1.23. The molecule has 0 radical (unpaired) electrons. The van der Waals surface area contributed by atoms with Gasteiger partial charge in [0.1, 0.15) is 23.9 Å². The van der Waals surface area contributed by atoms with Crippen LogP contribution in [-0.2, 0) is 11.4 Å². The van der Waals surface area contributed by atoms with Crippen LogP contribution in [-0.4, -0.2) is 33.0 Å². The molecule has 0 atom stereocenters. The van der Waals surface area contributed by atoms with Gasteiger partial charge in [-0.2, -0.15) is 0 Å². The number of nitrogens with zero attached hydrogens (tertiary/aromatic N) is 3. The number of ether oxygens (including phenoxy) is 2. The quantitative estimate of drug-likeness (QED) is 0.319. The van der Waals surface area contributed by atoms with Crippen molar-refractivity contribution in [2.45, 2.75) is 18.7 Å². The number of amides is 1. The van der Waals surface area contributed by atoms with E-state index in [1.54, 1.807) is 12.1 Å². The summed E-state index contributed by atoms with van der Waals surface area (Å²) in [5.41, 5.74) is 1.21. The lowest BCUT2D eigenvalue weighted by Crippen LogP contribution is -2.15. The second-order valence-electron chi connectivity index (χ2n) is 7.11. The van der Waals surface area contributed by atoms with Crippen LogP contribution in [0.5, 0.6) is 11.5 Å². The van der Waals surface area contributed by atoms with Gasteiger partial charge in [0.15, 0.2) is 11.0 Å². The third-order valence-electron chi connectivity index (χ3n) is 4.66. The largest absolute Gasteiger partial charge is 0.494 e. The number of benzene rings is 3. The van der Waals surface area contributed by atoms with Gasteiger partial charge in [0.25, 0.3) is 0 Å². The van der Waals surface area contributed by atoms with Crippen molar-refractivity contribution in [1.29, 1.82) is 0 Å². The average Bonchev–Trinajstić information content (AvgIpc) is 3.25. The zero-order valence-electron chi connectivity index (χ0n) is 18.5. The Morgan fingerprint density at radius 2 is 1.74 bits per heavy atom. The van der Waals surface area contributed by atoms with Crippen LogP contribution in [0.3, 0.4) is 0 Å². The Hall–Kier alpha value is -3.85. The van der Waals surface area contributed by atoms with Crippen molar-refractivity contribution in [1.82, 2.24) is 14.8 Å². The number of aromatic nitrogens is 3. The smallest absolute Gasteiger partial charge is 0.234 e. The highest BCUT2D eigenvalue weighted by Crippen LogP contribution is 2.25. The molecule has 34 heavy (non-hydrogen) atoms. The predicted octanol–water partition coefficient (Wildman–Crippen LogP) is 5.11. The number of rotatable bonds is 10. The highest BCUT2D eigenvalue weighted by atomic mass is 32.2. The summed E-state index contributed by atoms with van der Waals surface area (Å²) in [5.74, 6) is 1.44. The molecule has 0 saturated heterocycles. The Balaban J connectivity index is 1.52. The monoisotopic (exact) mass is 478 g/mol. The molecule has 3 aromatic carbocycles. The third kappa shape index (κ3) is 6.14. The lowest BCUT2D eigenvalue weighted by Gasteiger charge is -2.12. The fourth-order valence-electron chi connectivity index (χ4n) is 3.16. The van der Waals surface area contributed by atoms with Gasteiger partial charge in [0.05, 0.1) is 12.4 Å².